The first kappa shape index (κ1) is 23.8. The van der Waals surface area contributed by atoms with Crippen molar-refractivity contribution in [1.29, 1.82) is 0 Å². The largest absolute Gasteiger partial charge is 0.332 e. The summed E-state index contributed by atoms with van der Waals surface area (Å²) in [4.78, 5) is 30.6. The molecule has 4 aromatic rings. The fourth-order valence-corrected chi connectivity index (χ4v) is 3.88. The van der Waals surface area contributed by atoms with Crippen LogP contribution in [-0.4, -0.2) is 24.4 Å². The highest BCUT2D eigenvalue weighted by atomic mass is 35.5. The highest BCUT2D eigenvalue weighted by Gasteiger charge is 2.18. The number of halogens is 2. The maximum absolute atomic E-state index is 13.2. The van der Waals surface area contributed by atoms with Crippen LogP contribution in [0.1, 0.15) is 24.5 Å². The van der Waals surface area contributed by atoms with E-state index >= 15 is 0 Å². The van der Waals surface area contributed by atoms with Gasteiger partial charge >= 0.3 is 5.69 Å². The molecule has 0 atom stereocenters. The Morgan fingerprint density at radius 2 is 1.53 bits per heavy atom. The molecule has 0 aliphatic rings. The second-order valence-electron chi connectivity index (χ2n) is 8.11. The molecule has 0 fully saturated rings. The zero-order valence-electron chi connectivity index (χ0n) is 19.0. The van der Waals surface area contributed by atoms with Crippen molar-refractivity contribution in [2.24, 2.45) is 19.2 Å². The van der Waals surface area contributed by atoms with E-state index in [4.69, 9.17) is 23.2 Å². The number of aromatic nitrogens is 4. The van der Waals surface area contributed by atoms with Gasteiger partial charge in [0.25, 0.3) is 5.56 Å². The van der Waals surface area contributed by atoms with E-state index in [2.05, 4.69) is 15.5 Å². The smallest absolute Gasteiger partial charge is 0.306 e. The maximum atomic E-state index is 13.2. The molecular weight excluding hydrogens is 475 g/mol. The average molecular weight is 499 g/mol. The topological polar surface area (TPSA) is 86.2 Å². The van der Waals surface area contributed by atoms with Crippen LogP contribution in [0.15, 0.2) is 63.2 Å². The van der Waals surface area contributed by atoms with E-state index in [-0.39, 0.29) is 6.54 Å². The minimum absolute atomic E-state index is 0.133. The number of hydrogen-bond donors (Lipinski definition) is 1. The molecule has 2 heterocycles. The minimum Gasteiger partial charge on any atom is -0.306 e. The molecule has 0 amide bonds. The van der Waals surface area contributed by atoms with Gasteiger partial charge in [-0.1, -0.05) is 47.5 Å². The predicted octanol–water partition coefficient (Wildman–Crippen LogP) is 4.21. The minimum atomic E-state index is -0.445. The first-order valence-corrected chi connectivity index (χ1v) is 11.4. The Labute approximate surface area is 206 Å². The first-order valence-electron chi connectivity index (χ1n) is 10.7. The first-order chi connectivity index (χ1) is 16.2. The number of anilines is 1. The van der Waals surface area contributed by atoms with E-state index in [1.54, 1.807) is 42.9 Å². The molecule has 10 heteroatoms. The number of aryl methyl sites for hydroxylation is 3. The van der Waals surface area contributed by atoms with Crippen molar-refractivity contribution in [2.75, 3.05) is 5.43 Å². The third-order valence-corrected chi connectivity index (χ3v) is 6.15. The number of imidazole rings is 1. The van der Waals surface area contributed by atoms with Gasteiger partial charge in [0.05, 0.1) is 6.54 Å². The molecule has 0 saturated carbocycles. The molecule has 2 aromatic heterocycles. The van der Waals surface area contributed by atoms with Crippen molar-refractivity contribution >= 4 is 46.0 Å². The Bertz CT molecular complexity index is 1480. The lowest BCUT2D eigenvalue weighted by molar-refractivity contribution is 0.655. The zero-order chi connectivity index (χ0) is 24.4. The van der Waals surface area contributed by atoms with Crippen LogP contribution in [-0.2, 0) is 27.1 Å². The van der Waals surface area contributed by atoms with Crippen molar-refractivity contribution in [2.45, 2.75) is 26.3 Å². The Hall–Kier alpha value is -3.36. The summed E-state index contributed by atoms with van der Waals surface area (Å²) in [7, 11) is 3.31. The van der Waals surface area contributed by atoms with E-state index in [1.165, 1.54) is 9.13 Å². The Morgan fingerprint density at radius 3 is 2.15 bits per heavy atom. The van der Waals surface area contributed by atoms with Gasteiger partial charge in [-0.25, -0.2) is 10.2 Å². The highest BCUT2D eigenvalue weighted by molar-refractivity contribution is 6.30. The predicted molar refractivity (Wildman–Crippen MR) is 137 cm³/mol. The molecule has 34 heavy (non-hydrogen) atoms. The Kier molecular flexibility index (Phi) is 6.90. The molecule has 0 bridgehead atoms. The summed E-state index contributed by atoms with van der Waals surface area (Å²) in [6.07, 6.45) is 1.56. The van der Waals surface area contributed by atoms with Crippen LogP contribution >= 0.6 is 23.2 Å². The van der Waals surface area contributed by atoms with Gasteiger partial charge in [-0.2, -0.15) is 10.1 Å². The van der Waals surface area contributed by atoms with Crippen LogP contribution in [0.2, 0.25) is 10.0 Å². The van der Waals surface area contributed by atoms with Gasteiger partial charge in [-0.05, 0) is 55.2 Å². The van der Waals surface area contributed by atoms with E-state index < -0.39 is 11.2 Å². The van der Waals surface area contributed by atoms with E-state index in [1.807, 2.05) is 31.2 Å². The molecule has 0 spiro atoms. The second kappa shape index (κ2) is 9.87. The molecule has 0 aliphatic carbocycles. The van der Waals surface area contributed by atoms with Crippen LogP contribution in [0.5, 0.6) is 0 Å². The quantitative estimate of drug-likeness (QED) is 0.305. The summed E-state index contributed by atoms with van der Waals surface area (Å²) >= 11 is 11.9. The zero-order valence-corrected chi connectivity index (χ0v) is 20.6. The van der Waals surface area contributed by atoms with E-state index in [0.717, 1.165) is 29.7 Å². The summed E-state index contributed by atoms with van der Waals surface area (Å²) in [6.45, 7) is 2.05. The molecule has 0 saturated heterocycles. The second-order valence-corrected chi connectivity index (χ2v) is 8.98. The van der Waals surface area contributed by atoms with Crippen LogP contribution in [0.4, 0.5) is 5.95 Å². The molecule has 0 unspecified atom stereocenters. The van der Waals surface area contributed by atoms with Crippen molar-refractivity contribution in [3.63, 3.8) is 0 Å². The number of hydrogen-bond acceptors (Lipinski definition) is 5. The molecule has 4 rings (SSSR count). The Balaban J connectivity index is 1.59. The molecule has 2 aromatic carbocycles. The van der Waals surface area contributed by atoms with Gasteiger partial charge in [-0.3, -0.25) is 13.9 Å². The lowest BCUT2D eigenvalue weighted by Crippen LogP contribution is -2.39. The normalized spacial score (nSPS) is 11.9. The van der Waals surface area contributed by atoms with Gasteiger partial charge in [-0.15, -0.1) is 0 Å². The molecule has 8 nitrogen and oxygen atoms in total. The molecular formula is C24H24Cl2N6O2. The van der Waals surface area contributed by atoms with Crippen LogP contribution in [0.3, 0.4) is 0 Å². The summed E-state index contributed by atoms with van der Waals surface area (Å²) in [5.74, 6) is 0.372. The average Bonchev–Trinajstić information content (AvgIpc) is 3.16. The summed E-state index contributed by atoms with van der Waals surface area (Å²) in [6, 6.07) is 14.7. The number of nitrogens with zero attached hydrogens (tertiary/aromatic N) is 5. The SMILES string of the molecule is CC(CCc1ccc(Cl)cc1)=NNc1nc2c(c(=O)n(Cc3ccc(Cl)cc3)c(=O)n2C)n1C. The van der Waals surface area contributed by atoms with Crippen molar-refractivity contribution in [1.82, 2.24) is 18.7 Å². The lowest BCUT2D eigenvalue weighted by Gasteiger charge is -2.09. The monoisotopic (exact) mass is 498 g/mol. The fourth-order valence-electron chi connectivity index (χ4n) is 3.63. The van der Waals surface area contributed by atoms with Crippen molar-refractivity contribution < 1.29 is 0 Å². The summed E-state index contributed by atoms with van der Waals surface area (Å²) in [5.41, 5.74) is 5.51. The van der Waals surface area contributed by atoms with Gasteiger partial charge in [0, 0.05) is 29.9 Å². The van der Waals surface area contributed by atoms with Gasteiger partial charge in [0.15, 0.2) is 11.2 Å². The van der Waals surface area contributed by atoms with Gasteiger partial charge in [0.1, 0.15) is 0 Å². The number of rotatable bonds is 7. The number of nitrogens with one attached hydrogen (secondary N) is 1. The van der Waals surface area contributed by atoms with E-state index in [0.29, 0.717) is 27.2 Å². The number of benzene rings is 2. The van der Waals surface area contributed by atoms with Crippen LogP contribution in [0, 0.1) is 0 Å². The highest BCUT2D eigenvalue weighted by Crippen LogP contribution is 2.15. The van der Waals surface area contributed by atoms with E-state index in [9.17, 15) is 9.59 Å². The van der Waals surface area contributed by atoms with Gasteiger partial charge in [0.2, 0.25) is 5.95 Å². The third-order valence-electron chi connectivity index (χ3n) is 5.65. The Morgan fingerprint density at radius 1 is 0.941 bits per heavy atom. The van der Waals surface area contributed by atoms with Gasteiger partial charge < -0.3 is 4.57 Å². The van der Waals surface area contributed by atoms with Crippen molar-refractivity contribution in [3.05, 3.63) is 90.5 Å². The summed E-state index contributed by atoms with van der Waals surface area (Å²) in [5, 5.41) is 5.71. The summed E-state index contributed by atoms with van der Waals surface area (Å²) < 4.78 is 4.18. The number of hydrazone groups is 1. The molecule has 176 valence electrons. The fraction of sp³-hybridized carbons (Fsp3) is 0.250. The van der Waals surface area contributed by atoms with Crippen molar-refractivity contribution in [3.8, 4) is 0 Å². The molecule has 0 aliphatic heterocycles. The lowest BCUT2D eigenvalue weighted by atomic mass is 10.1. The molecule has 0 radical (unpaired) electrons. The van der Waals surface area contributed by atoms with Crippen LogP contribution in [0.25, 0.3) is 11.2 Å². The van der Waals surface area contributed by atoms with Crippen LogP contribution < -0.4 is 16.7 Å². The molecule has 1 N–H and O–H groups in total. The standard InChI is InChI=1S/C24H24Cl2N6O2/c1-15(4-5-16-6-10-18(25)11-7-16)28-29-23-27-21-20(30(23)2)22(33)32(24(34)31(21)3)14-17-8-12-19(26)13-9-17/h6-13H,4-5,14H2,1-3H3,(H,27,29). The third kappa shape index (κ3) is 4.93. The number of fused-ring (bicyclic) bond motifs is 1. The maximum Gasteiger partial charge on any atom is 0.332 e.